The first-order valence-electron chi connectivity index (χ1n) is 6.90. The van der Waals surface area contributed by atoms with Gasteiger partial charge in [0.25, 0.3) is 0 Å². The highest BCUT2D eigenvalue weighted by molar-refractivity contribution is 5.88. The van der Waals surface area contributed by atoms with Crippen molar-refractivity contribution in [1.29, 1.82) is 5.26 Å². The molecule has 0 heterocycles. The molecule has 0 saturated heterocycles. The van der Waals surface area contributed by atoms with Crippen LogP contribution in [-0.4, -0.2) is 27.2 Å². The smallest absolute Gasteiger partial charge is 0.245 e. The molecule has 0 aromatic heterocycles. The Balaban J connectivity index is 3.11. The lowest BCUT2D eigenvalue weighted by Crippen LogP contribution is -2.25. The maximum absolute atomic E-state index is 11.8. The summed E-state index contributed by atoms with van der Waals surface area (Å²) in [6, 6.07) is 4.46. The minimum Gasteiger partial charge on any atom is -0.493 e. The van der Waals surface area contributed by atoms with Gasteiger partial charge in [-0.1, -0.05) is 18.2 Å². The van der Waals surface area contributed by atoms with Gasteiger partial charge in [-0.3, -0.25) is 4.79 Å². The summed E-state index contributed by atoms with van der Waals surface area (Å²) in [5.41, 5.74) is 0.537. The van der Waals surface area contributed by atoms with Gasteiger partial charge in [0.05, 0.1) is 27.4 Å². The van der Waals surface area contributed by atoms with Gasteiger partial charge in [-0.25, -0.2) is 0 Å². The molecule has 0 aliphatic heterocycles. The van der Waals surface area contributed by atoms with Crippen molar-refractivity contribution in [3.8, 4) is 23.3 Å². The van der Waals surface area contributed by atoms with Crippen LogP contribution in [0.2, 0.25) is 0 Å². The number of nitrogens with zero attached hydrogens (tertiary/aromatic N) is 1. The lowest BCUT2D eigenvalue weighted by atomic mass is 10.1. The van der Waals surface area contributed by atoms with Crippen LogP contribution in [0.4, 0.5) is 0 Å². The molecular formula is C17H20N2O4. The number of ether oxygens (including phenoxy) is 3. The number of benzene rings is 1. The number of methoxy groups -OCH3 is 3. The SMILES string of the molecule is C/C=C/C=C/C(=O)NC(C#N)c1cc(OC)c(OC)c(OC)c1. The molecule has 1 rings (SSSR count). The molecule has 0 bridgehead atoms. The second-order valence-electron chi connectivity index (χ2n) is 4.41. The number of carbonyl (C=O) groups excluding carboxylic acids is 1. The third kappa shape index (κ3) is 4.78. The van der Waals surface area contributed by atoms with Crippen molar-refractivity contribution < 1.29 is 19.0 Å². The first-order valence-corrected chi connectivity index (χ1v) is 6.90. The van der Waals surface area contributed by atoms with Gasteiger partial charge in [0, 0.05) is 6.08 Å². The Labute approximate surface area is 136 Å². The highest BCUT2D eigenvalue weighted by Crippen LogP contribution is 2.39. The van der Waals surface area contributed by atoms with E-state index in [4.69, 9.17) is 14.2 Å². The number of allylic oxidation sites excluding steroid dienone is 3. The van der Waals surface area contributed by atoms with Crippen LogP contribution >= 0.6 is 0 Å². The molecule has 122 valence electrons. The number of carbonyl (C=O) groups is 1. The predicted molar refractivity (Wildman–Crippen MR) is 86.5 cm³/mol. The Morgan fingerprint density at radius 2 is 1.78 bits per heavy atom. The molecule has 6 nitrogen and oxygen atoms in total. The molecule has 1 aromatic carbocycles. The van der Waals surface area contributed by atoms with Crippen LogP contribution in [0.1, 0.15) is 18.5 Å². The van der Waals surface area contributed by atoms with E-state index in [1.807, 2.05) is 13.0 Å². The number of amides is 1. The van der Waals surface area contributed by atoms with Crippen LogP contribution in [0, 0.1) is 11.3 Å². The van der Waals surface area contributed by atoms with Crippen molar-refractivity contribution in [2.24, 2.45) is 0 Å². The second kappa shape index (κ2) is 9.15. The molecule has 1 unspecified atom stereocenters. The van der Waals surface area contributed by atoms with Gasteiger partial charge in [-0.2, -0.15) is 5.26 Å². The summed E-state index contributed by atoms with van der Waals surface area (Å²) in [7, 11) is 4.47. The number of hydrogen-bond donors (Lipinski definition) is 1. The Kier molecular flexibility index (Phi) is 7.21. The molecule has 0 spiro atoms. The largest absolute Gasteiger partial charge is 0.493 e. The lowest BCUT2D eigenvalue weighted by molar-refractivity contribution is -0.116. The topological polar surface area (TPSA) is 80.6 Å². The highest BCUT2D eigenvalue weighted by Gasteiger charge is 2.19. The predicted octanol–water partition coefficient (Wildman–Crippen LogP) is 2.53. The highest BCUT2D eigenvalue weighted by atomic mass is 16.5. The molecule has 1 amide bonds. The van der Waals surface area contributed by atoms with Gasteiger partial charge in [0.15, 0.2) is 11.5 Å². The zero-order chi connectivity index (χ0) is 17.2. The van der Waals surface area contributed by atoms with E-state index in [2.05, 4.69) is 5.32 Å². The van der Waals surface area contributed by atoms with Crippen LogP contribution in [-0.2, 0) is 4.79 Å². The van der Waals surface area contributed by atoms with Crippen molar-refractivity contribution in [2.75, 3.05) is 21.3 Å². The summed E-state index contributed by atoms with van der Waals surface area (Å²) in [5, 5.41) is 11.9. The van der Waals surface area contributed by atoms with Crippen LogP contribution in [0.25, 0.3) is 0 Å². The minimum absolute atomic E-state index is 0.372. The van der Waals surface area contributed by atoms with E-state index in [0.717, 1.165) is 0 Å². The Hall–Kier alpha value is -2.94. The fourth-order valence-electron chi connectivity index (χ4n) is 1.90. The molecule has 0 radical (unpaired) electrons. The zero-order valence-corrected chi connectivity index (χ0v) is 13.6. The third-order valence-corrected chi connectivity index (χ3v) is 2.99. The second-order valence-corrected chi connectivity index (χ2v) is 4.41. The monoisotopic (exact) mass is 316 g/mol. The van der Waals surface area contributed by atoms with Gasteiger partial charge in [-0.05, 0) is 24.6 Å². The zero-order valence-electron chi connectivity index (χ0n) is 13.6. The maximum Gasteiger partial charge on any atom is 0.245 e. The summed E-state index contributed by atoms with van der Waals surface area (Å²) in [4.78, 5) is 11.8. The molecule has 6 heteroatoms. The summed E-state index contributed by atoms with van der Waals surface area (Å²) >= 11 is 0. The molecule has 0 fully saturated rings. The van der Waals surface area contributed by atoms with E-state index in [9.17, 15) is 10.1 Å². The Morgan fingerprint density at radius 3 is 2.22 bits per heavy atom. The van der Waals surface area contributed by atoms with Crippen LogP contribution < -0.4 is 19.5 Å². The van der Waals surface area contributed by atoms with E-state index in [1.165, 1.54) is 27.4 Å². The minimum atomic E-state index is -0.841. The molecule has 0 aliphatic carbocycles. The molecule has 0 saturated carbocycles. The number of nitriles is 1. The number of nitrogens with one attached hydrogen (secondary N) is 1. The fraction of sp³-hybridized carbons (Fsp3) is 0.294. The van der Waals surface area contributed by atoms with Gasteiger partial charge < -0.3 is 19.5 Å². The fourth-order valence-corrected chi connectivity index (χ4v) is 1.90. The summed E-state index contributed by atoms with van der Waals surface area (Å²) in [6.07, 6.45) is 6.46. The van der Waals surface area contributed by atoms with Crippen LogP contribution in [0.15, 0.2) is 36.4 Å². The van der Waals surface area contributed by atoms with E-state index in [1.54, 1.807) is 30.4 Å². The summed E-state index contributed by atoms with van der Waals surface area (Å²) < 4.78 is 15.7. The van der Waals surface area contributed by atoms with Crippen molar-refractivity contribution in [3.05, 3.63) is 42.0 Å². The number of rotatable bonds is 7. The molecular weight excluding hydrogens is 296 g/mol. The molecule has 1 N–H and O–H groups in total. The van der Waals surface area contributed by atoms with Crippen LogP contribution in [0.3, 0.4) is 0 Å². The van der Waals surface area contributed by atoms with Crippen molar-refractivity contribution in [3.63, 3.8) is 0 Å². The molecule has 23 heavy (non-hydrogen) atoms. The van der Waals surface area contributed by atoms with E-state index >= 15 is 0 Å². The van der Waals surface area contributed by atoms with E-state index in [0.29, 0.717) is 22.8 Å². The van der Waals surface area contributed by atoms with Crippen molar-refractivity contribution >= 4 is 5.91 Å². The standard InChI is InChI=1S/C17H20N2O4/c1-5-6-7-8-16(20)19-13(11-18)12-9-14(21-2)17(23-4)15(10-12)22-3/h5-10,13H,1-4H3,(H,19,20)/b6-5+,8-7+. The Bertz CT molecular complexity index is 619. The van der Waals surface area contributed by atoms with Crippen LogP contribution in [0.5, 0.6) is 17.2 Å². The maximum atomic E-state index is 11.8. The lowest BCUT2D eigenvalue weighted by Gasteiger charge is -2.16. The van der Waals surface area contributed by atoms with Gasteiger partial charge in [0.2, 0.25) is 11.7 Å². The average Bonchev–Trinajstić information content (AvgIpc) is 2.58. The van der Waals surface area contributed by atoms with Crippen molar-refractivity contribution in [1.82, 2.24) is 5.32 Å². The Morgan fingerprint density at radius 1 is 1.17 bits per heavy atom. The summed E-state index contributed by atoms with van der Waals surface area (Å²) in [6.45, 7) is 1.84. The molecule has 1 aromatic rings. The molecule has 0 aliphatic rings. The number of hydrogen-bond acceptors (Lipinski definition) is 5. The van der Waals surface area contributed by atoms with E-state index < -0.39 is 6.04 Å². The first-order chi connectivity index (χ1) is 11.1. The van der Waals surface area contributed by atoms with Gasteiger partial charge in [-0.15, -0.1) is 0 Å². The quantitative estimate of drug-likeness (QED) is 0.617. The molecule has 1 atom stereocenters. The van der Waals surface area contributed by atoms with Gasteiger partial charge >= 0.3 is 0 Å². The summed E-state index contributed by atoms with van der Waals surface area (Å²) in [5.74, 6) is 0.889. The average molecular weight is 316 g/mol. The first kappa shape index (κ1) is 18.1. The van der Waals surface area contributed by atoms with E-state index in [-0.39, 0.29) is 5.91 Å². The third-order valence-electron chi connectivity index (χ3n) is 2.99. The normalized spacial score (nSPS) is 12.0. The van der Waals surface area contributed by atoms with Crippen molar-refractivity contribution in [2.45, 2.75) is 13.0 Å². The van der Waals surface area contributed by atoms with Gasteiger partial charge in [0.1, 0.15) is 6.04 Å².